The van der Waals surface area contributed by atoms with E-state index >= 15 is 0 Å². The molecule has 0 aliphatic heterocycles. The average Bonchev–Trinajstić information content (AvgIpc) is 2.20. The zero-order chi connectivity index (χ0) is 13.1. The molecular formula is C15H24FN. The Morgan fingerprint density at radius 3 is 2.35 bits per heavy atom. The first kappa shape index (κ1) is 14.2. The number of hydrogen-bond acceptors (Lipinski definition) is 1. The first-order valence-electron chi connectivity index (χ1n) is 6.30. The maximum atomic E-state index is 14.0. The van der Waals surface area contributed by atoms with Crippen molar-refractivity contribution in [2.24, 2.45) is 0 Å². The monoisotopic (exact) mass is 237 g/mol. The molecule has 1 aromatic rings. The summed E-state index contributed by atoms with van der Waals surface area (Å²) in [5.41, 5.74) is 1.93. The van der Waals surface area contributed by atoms with Crippen molar-refractivity contribution in [2.45, 2.75) is 45.6 Å². The van der Waals surface area contributed by atoms with Crippen LogP contribution in [0.4, 0.5) is 4.39 Å². The first-order valence-corrected chi connectivity index (χ1v) is 6.30. The van der Waals surface area contributed by atoms with Gasteiger partial charge in [0.25, 0.3) is 0 Å². The smallest absolute Gasteiger partial charge is 0.127 e. The van der Waals surface area contributed by atoms with Gasteiger partial charge in [-0.2, -0.15) is 0 Å². The second kappa shape index (κ2) is 5.63. The van der Waals surface area contributed by atoms with Crippen LogP contribution in [0.15, 0.2) is 18.2 Å². The van der Waals surface area contributed by atoms with Gasteiger partial charge in [-0.25, -0.2) is 4.39 Å². The molecule has 96 valence electrons. The molecule has 0 saturated heterocycles. The lowest BCUT2D eigenvalue weighted by Gasteiger charge is -2.25. The second-order valence-electron chi connectivity index (χ2n) is 5.68. The van der Waals surface area contributed by atoms with Gasteiger partial charge < -0.3 is 4.90 Å². The van der Waals surface area contributed by atoms with Gasteiger partial charge in [-0.3, -0.25) is 0 Å². The van der Waals surface area contributed by atoms with E-state index in [-0.39, 0.29) is 11.2 Å². The maximum absolute atomic E-state index is 14.0. The minimum Gasteiger partial charge on any atom is -0.305 e. The van der Waals surface area contributed by atoms with E-state index in [2.05, 4.69) is 26.8 Å². The molecule has 0 atom stereocenters. The van der Waals surface area contributed by atoms with E-state index < -0.39 is 0 Å². The summed E-state index contributed by atoms with van der Waals surface area (Å²) < 4.78 is 14.0. The summed E-state index contributed by atoms with van der Waals surface area (Å²) in [6.07, 6.45) is 2.20. The van der Waals surface area contributed by atoms with Crippen molar-refractivity contribution >= 4 is 0 Å². The Bertz CT molecular complexity index is 369. The van der Waals surface area contributed by atoms with Crippen molar-refractivity contribution in [3.63, 3.8) is 0 Å². The molecule has 0 aliphatic rings. The summed E-state index contributed by atoms with van der Waals surface area (Å²) in [5.74, 6) is -0.0830. The number of rotatable bonds is 5. The van der Waals surface area contributed by atoms with Crippen LogP contribution in [0.5, 0.6) is 0 Å². The van der Waals surface area contributed by atoms with E-state index in [4.69, 9.17) is 0 Å². The van der Waals surface area contributed by atoms with Crippen molar-refractivity contribution in [1.82, 2.24) is 4.90 Å². The molecule has 1 nitrogen and oxygen atoms in total. The van der Waals surface area contributed by atoms with Crippen molar-refractivity contribution in [1.29, 1.82) is 0 Å². The summed E-state index contributed by atoms with van der Waals surface area (Å²) in [7, 11) is 3.91. The highest BCUT2D eigenvalue weighted by Gasteiger charge is 2.20. The van der Waals surface area contributed by atoms with Crippen molar-refractivity contribution in [2.75, 3.05) is 14.1 Å². The van der Waals surface area contributed by atoms with Gasteiger partial charge in [-0.15, -0.1) is 0 Å². The predicted octanol–water partition coefficient (Wildman–Crippen LogP) is 3.97. The summed E-state index contributed by atoms with van der Waals surface area (Å²) >= 11 is 0. The fraction of sp³-hybridized carbons (Fsp3) is 0.600. The summed E-state index contributed by atoms with van der Waals surface area (Å²) in [6.45, 7) is 7.17. The van der Waals surface area contributed by atoms with Gasteiger partial charge in [0.05, 0.1) is 0 Å². The molecule has 1 aromatic carbocycles. The van der Waals surface area contributed by atoms with E-state index in [1.54, 1.807) is 6.07 Å². The van der Waals surface area contributed by atoms with Crippen LogP contribution in [0.1, 0.15) is 44.7 Å². The Kier molecular flexibility index (Phi) is 4.70. The fourth-order valence-electron chi connectivity index (χ4n) is 2.21. The van der Waals surface area contributed by atoms with Crippen molar-refractivity contribution in [3.8, 4) is 0 Å². The minimum absolute atomic E-state index is 0.0617. The molecule has 0 saturated carbocycles. The number of benzene rings is 1. The Morgan fingerprint density at radius 1 is 1.24 bits per heavy atom. The number of hydrogen-bond donors (Lipinski definition) is 0. The van der Waals surface area contributed by atoms with Crippen molar-refractivity contribution < 1.29 is 4.39 Å². The highest BCUT2D eigenvalue weighted by atomic mass is 19.1. The molecular weight excluding hydrogens is 213 g/mol. The Labute approximate surface area is 105 Å². The predicted molar refractivity (Wildman–Crippen MR) is 71.7 cm³/mol. The van der Waals surface area contributed by atoms with Gasteiger partial charge in [-0.1, -0.05) is 39.3 Å². The van der Waals surface area contributed by atoms with Gasteiger partial charge in [-0.05, 0) is 37.6 Å². The molecule has 0 unspecified atom stereocenters. The molecule has 0 heterocycles. The van der Waals surface area contributed by atoms with Crippen LogP contribution < -0.4 is 0 Å². The third-order valence-electron chi connectivity index (χ3n) is 3.20. The lowest BCUT2D eigenvalue weighted by atomic mass is 9.80. The molecule has 0 spiro atoms. The third kappa shape index (κ3) is 3.81. The lowest BCUT2D eigenvalue weighted by molar-refractivity contribution is 0.391. The highest BCUT2D eigenvalue weighted by molar-refractivity contribution is 5.29. The number of halogens is 1. The SMILES string of the molecule is CCCC(C)(C)c1ccc(CN(C)C)c(F)c1. The van der Waals surface area contributed by atoms with Crippen LogP contribution in [0, 0.1) is 5.82 Å². The lowest BCUT2D eigenvalue weighted by Crippen LogP contribution is -2.18. The third-order valence-corrected chi connectivity index (χ3v) is 3.20. The van der Waals surface area contributed by atoms with E-state index in [0.717, 1.165) is 24.0 Å². The molecule has 1 rings (SSSR count). The summed E-state index contributed by atoms with van der Waals surface area (Å²) in [5, 5.41) is 0. The Hall–Kier alpha value is -0.890. The normalized spacial score (nSPS) is 12.2. The summed E-state index contributed by atoms with van der Waals surface area (Å²) in [6, 6.07) is 5.69. The van der Waals surface area contributed by atoms with Crippen molar-refractivity contribution in [3.05, 3.63) is 35.1 Å². The zero-order valence-corrected chi connectivity index (χ0v) is 11.7. The van der Waals surface area contributed by atoms with E-state index in [0.29, 0.717) is 6.54 Å². The van der Waals surface area contributed by atoms with Gasteiger partial charge >= 0.3 is 0 Å². The second-order valence-corrected chi connectivity index (χ2v) is 5.68. The van der Waals surface area contributed by atoms with Crippen LogP contribution in [0.25, 0.3) is 0 Å². The maximum Gasteiger partial charge on any atom is 0.127 e. The summed E-state index contributed by atoms with van der Waals surface area (Å²) in [4.78, 5) is 1.98. The molecule has 0 aromatic heterocycles. The van der Waals surface area contributed by atoms with Crippen LogP contribution in [0.2, 0.25) is 0 Å². The van der Waals surface area contributed by atoms with Gasteiger partial charge in [0, 0.05) is 12.1 Å². The van der Waals surface area contributed by atoms with Crippen LogP contribution in [0.3, 0.4) is 0 Å². The van der Waals surface area contributed by atoms with Gasteiger partial charge in [0.2, 0.25) is 0 Å². The van der Waals surface area contributed by atoms with E-state index in [9.17, 15) is 4.39 Å². The topological polar surface area (TPSA) is 3.24 Å². The molecule has 0 bridgehead atoms. The molecule has 17 heavy (non-hydrogen) atoms. The largest absolute Gasteiger partial charge is 0.305 e. The molecule has 2 heteroatoms. The van der Waals surface area contributed by atoms with Gasteiger partial charge in [0.1, 0.15) is 5.82 Å². The molecule has 0 fully saturated rings. The fourth-order valence-corrected chi connectivity index (χ4v) is 2.21. The van der Waals surface area contributed by atoms with Crippen LogP contribution >= 0.6 is 0 Å². The van der Waals surface area contributed by atoms with E-state index in [1.807, 2.05) is 25.1 Å². The van der Waals surface area contributed by atoms with Gasteiger partial charge in [0.15, 0.2) is 0 Å². The first-order chi connectivity index (χ1) is 7.86. The standard InChI is InChI=1S/C15H24FN/c1-6-9-15(2,3)13-8-7-12(11-17(4)5)14(16)10-13/h7-8,10H,6,9,11H2,1-5H3. The molecule has 0 radical (unpaired) electrons. The average molecular weight is 237 g/mol. The van der Waals surface area contributed by atoms with E-state index in [1.165, 1.54) is 0 Å². The molecule has 0 N–H and O–H groups in total. The Balaban J connectivity index is 2.95. The quantitative estimate of drug-likeness (QED) is 0.749. The zero-order valence-electron chi connectivity index (χ0n) is 11.7. The van der Waals surface area contributed by atoms with Crippen LogP contribution in [-0.4, -0.2) is 19.0 Å². The van der Waals surface area contributed by atoms with Crippen LogP contribution in [-0.2, 0) is 12.0 Å². The highest BCUT2D eigenvalue weighted by Crippen LogP contribution is 2.29. The minimum atomic E-state index is -0.0830. The number of nitrogens with zero attached hydrogens (tertiary/aromatic N) is 1. The molecule has 0 amide bonds. The molecule has 0 aliphatic carbocycles. The Morgan fingerprint density at radius 2 is 1.88 bits per heavy atom.